The van der Waals surface area contributed by atoms with Crippen LogP contribution in [-0.4, -0.2) is 42.4 Å². The van der Waals surface area contributed by atoms with Gasteiger partial charge in [0, 0.05) is 30.2 Å². The molecule has 3 aromatic carbocycles. The number of rotatable bonds is 5. The van der Waals surface area contributed by atoms with Gasteiger partial charge in [-0.3, -0.25) is 14.4 Å². The Morgan fingerprint density at radius 3 is 2.45 bits per heavy atom. The van der Waals surface area contributed by atoms with E-state index in [0.717, 1.165) is 22.9 Å². The second-order valence-electron chi connectivity index (χ2n) is 7.87. The van der Waals surface area contributed by atoms with Gasteiger partial charge in [0.1, 0.15) is 11.6 Å². The SMILES string of the molecule is O=C(COC(=O)C1CCN(C(=O)c2ccc(F)cc2F)CC1)Nc1cccc2ccccc12. The van der Waals surface area contributed by atoms with Crippen molar-refractivity contribution in [3.05, 3.63) is 77.9 Å². The summed E-state index contributed by atoms with van der Waals surface area (Å²) in [6, 6.07) is 16.0. The molecule has 6 nitrogen and oxygen atoms in total. The second-order valence-corrected chi connectivity index (χ2v) is 7.87. The lowest BCUT2D eigenvalue weighted by Gasteiger charge is -2.31. The van der Waals surface area contributed by atoms with E-state index in [1.165, 1.54) is 4.90 Å². The maximum absolute atomic E-state index is 13.9. The third-order valence-electron chi connectivity index (χ3n) is 5.69. The molecule has 0 atom stereocenters. The maximum Gasteiger partial charge on any atom is 0.309 e. The third-order valence-corrected chi connectivity index (χ3v) is 5.69. The molecule has 0 saturated carbocycles. The first kappa shape index (κ1) is 22.4. The maximum atomic E-state index is 13.9. The number of amides is 2. The number of nitrogens with one attached hydrogen (secondary N) is 1. The molecule has 1 aliphatic heterocycles. The Hall–Kier alpha value is -3.81. The molecule has 8 heteroatoms. The standard InChI is InChI=1S/C25H22F2N2O4/c26-18-8-9-20(21(27)14-18)24(31)29-12-10-17(11-13-29)25(32)33-15-23(30)28-22-7-3-5-16-4-1-2-6-19(16)22/h1-9,14,17H,10-13,15H2,(H,28,30). The first-order valence-electron chi connectivity index (χ1n) is 10.6. The van der Waals surface area contributed by atoms with Crippen molar-refractivity contribution in [3.8, 4) is 0 Å². The molecule has 1 N–H and O–H groups in total. The van der Waals surface area contributed by atoms with Crippen LogP contribution >= 0.6 is 0 Å². The Morgan fingerprint density at radius 1 is 0.970 bits per heavy atom. The predicted molar refractivity (Wildman–Crippen MR) is 119 cm³/mol. The van der Waals surface area contributed by atoms with Gasteiger partial charge in [0.15, 0.2) is 6.61 Å². The van der Waals surface area contributed by atoms with E-state index >= 15 is 0 Å². The lowest BCUT2D eigenvalue weighted by Crippen LogP contribution is -2.41. The minimum absolute atomic E-state index is 0.206. The van der Waals surface area contributed by atoms with Crippen molar-refractivity contribution < 1.29 is 27.9 Å². The number of fused-ring (bicyclic) bond motifs is 1. The number of benzene rings is 3. The average Bonchev–Trinajstić information content (AvgIpc) is 2.82. The molecule has 3 aromatic rings. The number of carbonyl (C=O) groups is 3. The number of nitrogens with zero attached hydrogens (tertiary/aromatic N) is 1. The number of likely N-dealkylation sites (tertiary alicyclic amines) is 1. The van der Waals surface area contributed by atoms with Gasteiger partial charge in [-0.05, 0) is 36.4 Å². The van der Waals surface area contributed by atoms with Gasteiger partial charge in [-0.15, -0.1) is 0 Å². The Kier molecular flexibility index (Phi) is 6.63. The van der Waals surface area contributed by atoms with Crippen LogP contribution in [0.3, 0.4) is 0 Å². The lowest BCUT2D eigenvalue weighted by atomic mass is 9.96. The van der Waals surface area contributed by atoms with Crippen LogP contribution < -0.4 is 5.32 Å². The summed E-state index contributed by atoms with van der Waals surface area (Å²) in [5.74, 6) is -3.64. The largest absolute Gasteiger partial charge is 0.455 e. The molecule has 33 heavy (non-hydrogen) atoms. The second kappa shape index (κ2) is 9.77. The van der Waals surface area contributed by atoms with Crippen molar-refractivity contribution in [2.75, 3.05) is 25.0 Å². The topological polar surface area (TPSA) is 75.7 Å². The van der Waals surface area contributed by atoms with E-state index in [1.807, 2.05) is 36.4 Å². The van der Waals surface area contributed by atoms with Crippen LogP contribution in [0.25, 0.3) is 10.8 Å². The van der Waals surface area contributed by atoms with Gasteiger partial charge < -0.3 is 15.0 Å². The molecule has 4 rings (SSSR count). The van der Waals surface area contributed by atoms with E-state index in [0.29, 0.717) is 24.6 Å². The summed E-state index contributed by atoms with van der Waals surface area (Å²) < 4.78 is 32.1. The molecular formula is C25H22F2N2O4. The summed E-state index contributed by atoms with van der Waals surface area (Å²) >= 11 is 0. The summed E-state index contributed by atoms with van der Waals surface area (Å²) in [4.78, 5) is 38.6. The Bertz CT molecular complexity index is 1200. The smallest absolute Gasteiger partial charge is 0.309 e. The number of halogens is 2. The summed E-state index contributed by atoms with van der Waals surface area (Å²) in [5.41, 5.74) is 0.427. The fourth-order valence-corrected chi connectivity index (χ4v) is 3.93. The van der Waals surface area contributed by atoms with Crippen molar-refractivity contribution in [3.63, 3.8) is 0 Å². The quantitative estimate of drug-likeness (QED) is 0.590. The molecule has 0 aromatic heterocycles. The molecule has 0 spiro atoms. The molecule has 2 amide bonds. The highest BCUT2D eigenvalue weighted by Gasteiger charge is 2.30. The molecule has 0 unspecified atom stereocenters. The molecule has 1 saturated heterocycles. The molecule has 1 aliphatic rings. The van der Waals surface area contributed by atoms with Crippen LogP contribution in [0.4, 0.5) is 14.5 Å². The van der Waals surface area contributed by atoms with E-state index in [2.05, 4.69) is 5.32 Å². The molecule has 0 bridgehead atoms. The van der Waals surface area contributed by atoms with E-state index in [4.69, 9.17) is 4.74 Å². The first-order valence-corrected chi connectivity index (χ1v) is 10.6. The first-order chi connectivity index (χ1) is 15.9. The van der Waals surface area contributed by atoms with E-state index in [9.17, 15) is 23.2 Å². The van der Waals surface area contributed by atoms with Gasteiger partial charge in [-0.1, -0.05) is 36.4 Å². The molecule has 0 aliphatic carbocycles. The number of ether oxygens (including phenoxy) is 1. The Balaban J connectivity index is 1.27. The number of carbonyl (C=O) groups excluding carboxylic acids is 3. The summed E-state index contributed by atoms with van der Waals surface area (Å²) in [7, 11) is 0. The normalized spacial score (nSPS) is 14.2. The highest BCUT2D eigenvalue weighted by molar-refractivity contribution is 6.02. The summed E-state index contributed by atoms with van der Waals surface area (Å²) in [6.45, 7) is 0.0528. The zero-order valence-corrected chi connectivity index (χ0v) is 17.7. The highest BCUT2D eigenvalue weighted by Crippen LogP contribution is 2.24. The zero-order chi connectivity index (χ0) is 23.4. The molecule has 1 heterocycles. The van der Waals surface area contributed by atoms with Gasteiger partial charge in [0.2, 0.25) is 0 Å². The van der Waals surface area contributed by atoms with Gasteiger partial charge in [0.25, 0.3) is 11.8 Å². The van der Waals surface area contributed by atoms with Crippen LogP contribution in [0.1, 0.15) is 23.2 Å². The molecule has 170 valence electrons. The highest BCUT2D eigenvalue weighted by atomic mass is 19.1. The van der Waals surface area contributed by atoms with Crippen molar-refractivity contribution in [2.24, 2.45) is 5.92 Å². The number of hydrogen-bond donors (Lipinski definition) is 1. The van der Waals surface area contributed by atoms with Crippen LogP contribution in [0, 0.1) is 17.6 Å². The number of hydrogen-bond acceptors (Lipinski definition) is 4. The van der Waals surface area contributed by atoms with E-state index in [1.54, 1.807) is 6.07 Å². The summed E-state index contributed by atoms with van der Waals surface area (Å²) in [6.07, 6.45) is 0.663. The number of anilines is 1. The predicted octanol–water partition coefficient (Wildman–Crippen LogP) is 4.15. The fraction of sp³-hybridized carbons (Fsp3) is 0.240. The lowest BCUT2D eigenvalue weighted by molar-refractivity contribution is -0.152. The average molecular weight is 452 g/mol. The number of piperidine rings is 1. The minimum atomic E-state index is -0.918. The van der Waals surface area contributed by atoms with Crippen molar-refractivity contribution in [1.29, 1.82) is 0 Å². The van der Waals surface area contributed by atoms with Crippen LogP contribution in [0.15, 0.2) is 60.7 Å². The van der Waals surface area contributed by atoms with Crippen LogP contribution in [-0.2, 0) is 14.3 Å². The van der Waals surface area contributed by atoms with Crippen LogP contribution in [0.2, 0.25) is 0 Å². The van der Waals surface area contributed by atoms with Gasteiger partial charge in [0.05, 0.1) is 11.5 Å². The number of esters is 1. The van der Waals surface area contributed by atoms with Gasteiger partial charge >= 0.3 is 5.97 Å². The molecule has 1 fully saturated rings. The summed E-state index contributed by atoms with van der Waals surface area (Å²) in [5, 5.41) is 4.63. The molecular weight excluding hydrogens is 430 g/mol. The van der Waals surface area contributed by atoms with E-state index < -0.39 is 41.9 Å². The Labute approximate surface area is 189 Å². The van der Waals surface area contributed by atoms with Crippen molar-refractivity contribution >= 4 is 34.2 Å². The van der Waals surface area contributed by atoms with E-state index in [-0.39, 0.29) is 18.7 Å². The van der Waals surface area contributed by atoms with Crippen molar-refractivity contribution in [2.45, 2.75) is 12.8 Å². The zero-order valence-electron chi connectivity index (χ0n) is 17.7. The monoisotopic (exact) mass is 452 g/mol. The third kappa shape index (κ3) is 5.16. The van der Waals surface area contributed by atoms with Gasteiger partial charge in [-0.25, -0.2) is 8.78 Å². The Morgan fingerprint density at radius 2 is 1.70 bits per heavy atom. The molecule has 0 radical (unpaired) electrons. The van der Waals surface area contributed by atoms with Gasteiger partial charge in [-0.2, -0.15) is 0 Å². The van der Waals surface area contributed by atoms with Crippen molar-refractivity contribution in [1.82, 2.24) is 4.90 Å². The van der Waals surface area contributed by atoms with Crippen LogP contribution in [0.5, 0.6) is 0 Å². The minimum Gasteiger partial charge on any atom is -0.455 e. The fourth-order valence-electron chi connectivity index (χ4n) is 3.93.